The van der Waals surface area contributed by atoms with E-state index >= 15 is 0 Å². The van der Waals surface area contributed by atoms with Gasteiger partial charge in [-0.2, -0.15) is 0 Å². The van der Waals surface area contributed by atoms with Crippen molar-refractivity contribution < 1.29 is 17.9 Å². The zero-order valence-electron chi connectivity index (χ0n) is 15.5. The Morgan fingerprint density at radius 3 is 2.29 bits per heavy atom. The third-order valence-corrected chi connectivity index (χ3v) is 5.46. The molecule has 0 saturated carbocycles. The van der Waals surface area contributed by atoms with Gasteiger partial charge in [-0.25, -0.2) is 8.42 Å². The molecule has 0 aliphatic heterocycles. The number of carbonyl (C=O) groups excluding carboxylic acids is 1. The van der Waals surface area contributed by atoms with E-state index in [9.17, 15) is 13.2 Å². The average Bonchev–Trinajstić information content (AvgIpc) is 2.68. The normalized spacial score (nSPS) is 10.9. The Morgan fingerprint density at radius 2 is 1.61 bits per heavy atom. The van der Waals surface area contributed by atoms with E-state index in [-0.39, 0.29) is 10.8 Å². The fourth-order valence-electron chi connectivity index (χ4n) is 2.83. The topological polar surface area (TPSA) is 84.5 Å². The quantitative estimate of drug-likeness (QED) is 0.656. The fraction of sp³-hybridized carbons (Fsp3) is 0.0952. The van der Waals surface area contributed by atoms with E-state index in [2.05, 4.69) is 10.0 Å². The van der Waals surface area contributed by atoms with E-state index in [0.29, 0.717) is 22.7 Å². The molecule has 0 fully saturated rings. The molecule has 3 aromatic carbocycles. The van der Waals surface area contributed by atoms with Crippen LogP contribution < -0.4 is 14.8 Å². The number of benzene rings is 3. The fourth-order valence-corrected chi connectivity index (χ4v) is 4.11. The monoisotopic (exact) mass is 396 g/mol. The molecule has 0 aliphatic rings. The molecular formula is C21H20N2O4S. The Kier molecular flexibility index (Phi) is 5.65. The Labute approximate surface area is 164 Å². The predicted octanol–water partition coefficient (Wildman–Crippen LogP) is 4.12. The molecule has 0 unspecified atom stereocenters. The van der Waals surface area contributed by atoms with Crippen molar-refractivity contribution >= 4 is 27.3 Å². The predicted molar refractivity (Wildman–Crippen MR) is 110 cm³/mol. The molecule has 0 radical (unpaired) electrons. The van der Waals surface area contributed by atoms with Gasteiger partial charge in [-0.1, -0.05) is 48.5 Å². The minimum Gasteiger partial charge on any atom is -0.495 e. The molecule has 0 heterocycles. The van der Waals surface area contributed by atoms with Gasteiger partial charge in [0.25, 0.3) is 10.0 Å². The van der Waals surface area contributed by atoms with Gasteiger partial charge >= 0.3 is 0 Å². The van der Waals surface area contributed by atoms with Gasteiger partial charge < -0.3 is 10.1 Å². The van der Waals surface area contributed by atoms with Crippen molar-refractivity contribution in [2.45, 2.75) is 11.8 Å². The minimum atomic E-state index is -3.86. The second-order valence-corrected chi connectivity index (χ2v) is 7.71. The highest BCUT2D eigenvalue weighted by atomic mass is 32.2. The van der Waals surface area contributed by atoms with Crippen LogP contribution in [0.25, 0.3) is 11.1 Å². The second kappa shape index (κ2) is 8.14. The Bertz CT molecular complexity index is 1100. The summed E-state index contributed by atoms with van der Waals surface area (Å²) >= 11 is 0. The number of sulfonamides is 1. The van der Waals surface area contributed by atoms with Crippen molar-refractivity contribution in [1.29, 1.82) is 0 Å². The summed E-state index contributed by atoms with van der Waals surface area (Å²) in [4.78, 5) is 11.6. The number of methoxy groups -OCH3 is 1. The maximum absolute atomic E-state index is 13.1. The number of hydrogen-bond donors (Lipinski definition) is 2. The molecule has 1 amide bonds. The van der Waals surface area contributed by atoms with Crippen molar-refractivity contribution in [3.8, 4) is 16.9 Å². The summed E-state index contributed by atoms with van der Waals surface area (Å²) in [6, 6.07) is 20.8. The molecule has 0 saturated heterocycles. The summed E-state index contributed by atoms with van der Waals surface area (Å²) in [7, 11) is -2.39. The molecule has 3 rings (SSSR count). The maximum Gasteiger partial charge on any atom is 0.262 e. The van der Waals surface area contributed by atoms with Gasteiger partial charge in [-0.05, 0) is 29.8 Å². The molecule has 0 aromatic heterocycles. The van der Waals surface area contributed by atoms with Crippen LogP contribution in [0.3, 0.4) is 0 Å². The average molecular weight is 396 g/mol. The molecular weight excluding hydrogens is 376 g/mol. The smallest absolute Gasteiger partial charge is 0.262 e. The number of amides is 1. The lowest BCUT2D eigenvalue weighted by Gasteiger charge is -2.15. The van der Waals surface area contributed by atoms with Gasteiger partial charge in [0.05, 0.1) is 23.4 Å². The van der Waals surface area contributed by atoms with Crippen molar-refractivity contribution in [2.75, 3.05) is 17.1 Å². The highest BCUT2D eigenvalue weighted by molar-refractivity contribution is 7.92. The zero-order chi connectivity index (χ0) is 20.1. The molecule has 0 atom stereocenters. The molecule has 28 heavy (non-hydrogen) atoms. The highest BCUT2D eigenvalue weighted by Crippen LogP contribution is 2.31. The molecule has 7 heteroatoms. The number of carbonyl (C=O) groups is 1. The lowest BCUT2D eigenvalue weighted by Crippen LogP contribution is -2.15. The lowest BCUT2D eigenvalue weighted by molar-refractivity contribution is -0.114. The van der Waals surface area contributed by atoms with Gasteiger partial charge in [-0.3, -0.25) is 9.52 Å². The van der Waals surface area contributed by atoms with Gasteiger partial charge in [0, 0.05) is 12.5 Å². The standard InChI is InChI=1S/C21H20N2O4S/c1-15(24)22-19-14-17(12-13-20(19)27-2)23-28(25,26)21-11-7-6-10-18(21)16-8-4-3-5-9-16/h3-14,23H,1-2H3,(H,22,24). The van der Waals surface area contributed by atoms with Crippen LogP contribution in [0.15, 0.2) is 77.7 Å². The molecule has 144 valence electrons. The van der Waals surface area contributed by atoms with Crippen LogP contribution in [0.5, 0.6) is 5.75 Å². The van der Waals surface area contributed by atoms with E-state index in [1.165, 1.54) is 20.1 Å². The third-order valence-electron chi connectivity index (χ3n) is 4.02. The first-order chi connectivity index (χ1) is 13.4. The molecule has 3 aromatic rings. The van der Waals surface area contributed by atoms with E-state index in [1.54, 1.807) is 36.4 Å². The van der Waals surface area contributed by atoms with Crippen LogP contribution in [-0.4, -0.2) is 21.4 Å². The van der Waals surface area contributed by atoms with Crippen molar-refractivity contribution in [3.05, 3.63) is 72.8 Å². The molecule has 6 nitrogen and oxygen atoms in total. The van der Waals surface area contributed by atoms with E-state index < -0.39 is 10.0 Å². The first-order valence-electron chi connectivity index (χ1n) is 8.53. The van der Waals surface area contributed by atoms with Crippen molar-refractivity contribution in [1.82, 2.24) is 0 Å². The number of hydrogen-bond acceptors (Lipinski definition) is 4. The van der Waals surface area contributed by atoms with Crippen LogP contribution in [0, 0.1) is 0 Å². The van der Waals surface area contributed by atoms with E-state index in [4.69, 9.17) is 4.74 Å². The number of nitrogens with one attached hydrogen (secondary N) is 2. The second-order valence-electron chi connectivity index (χ2n) is 6.06. The number of ether oxygens (including phenoxy) is 1. The Hall–Kier alpha value is -3.32. The third kappa shape index (κ3) is 4.32. The Balaban J connectivity index is 1.99. The van der Waals surface area contributed by atoms with Crippen molar-refractivity contribution in [2.24, 2.45) is 0 Å². The summed E-state index contributed by atoms with van der Waals surface area (Å²) in [5, 5.41) is 2.63. The van der Waals surface area contributed by atoms with Crippen LogP contribution in [0.1, 0.15) is 6.92 Å². The summed E-state index contributed by atoms with van der Waals surface area (Å²) in [5.41, 5.74) is 2.10. The molecule has 2 N–H and O–H groups in total. The summed E-state index contributed by atoms with van der Waals surface area (Å²) in [6.07, 6.45) is 0. The van der Waals surface area contributed by atoms with Crippen LogP contribution in [0.4, 0.5) is 11.4 Å². The molecule has 0 spiro atoms. The zero-order valence-corrected chi connectivity index (χ0v) is 16.3. The minimum absolute atomic E-state index is 0.165. The molecule has 0 bridgehead atoms. The Morgan fingerprint density at radius 1 is 0.929 bits per heavy atom. The van der Waals surface area contributed by atoms with Crippen molar-refractivity contribution in [3.63, 3.8) is 0 Å². The molecule has 0 aliphatic carbocycles. The SMILES string of the molecule is COc1ccc(NS(=O)(=O)c2ccccc2-c2ccccc2)cc1NC(C)=O. The number of anilines is 2. The largest absolute Gasteiger partial charge is 0.495 e. The van der Waals surface area contributed by atoms with Gasteiger partial charge in [0.1, 0.15) is 5.75 Å². The van der Waals surface area contributed by atoms with E-state index in [1.807, 2.05) is 30.3 Å². The van der Waals surface area contributed by atoms with Crippen LogP contribution >= 0.6 is 0 Å². The first kappa shape index (κ1) is 19.4. The lowest BCUT2D eigenvalue weighted by atomic mass is 10.1. The van der Waals surface area contributed by atoms with Crippen LogP contribution in [-0.2, 0) is 14.8 Å². The number of rotatable bonds is 6. The first-order valence-corrected chi connectivity index (χ1v) is 10.0. The summed E-state index contributed by atoms with van der Waals surface area (Å²) < 4.78 is 33.9. The van der Waals surface area contributed by atoms with Gasteiger partial charge in [-0.15, -0.1) is 0 Å². The highest BCUT2D eigenvalue weighted by Gasteiger charge is 2.20. The summed E-state index contributed by atoms with van der Waals surface area (Å²) in [5.74, 6) is 0.149. The maximum atomic E-state index is 13.1. The van der Waals surface area contributed by atoms with Gasteiger partial charge in [0.2, 0.25) is 5.91 Å². The van der Waals surface area contributed by atoms with Gasteiger partial charge in [0.15, 0.2) is 0 Å². The van der Waals surface area contributed by atoms with E-state index in [0.717, 1.165) is 5.56 Å². The van der Waals surface area contributed by atoms with Crippen LogP contribution in [0.2, 0.25) is 0 Å². The summed E-state index contributed by atoms with van der Waals surface area (Å²) in [6.45, 7) is 1.37.